The molecule has 0 radical (unpaired) electrons. The van der Waals surface area contributed by atoms with E-state index in [1.165, 1.54) is 0 Å². The van der Waals surface area contributed by atoms with Crippen LogP contribution in [0, 0.1) is 13.8 Å². The maximum absolute atomic E-state index is 5.97. The number of benzene rings is 1. The van der Waals surface area contributed by atoms with Crippen molar-refractivity contribution in [1.82, 2.24) is 5.16 Å². The van der Waals surface area contributed by atoms with E-state index in [0.29, 0.717) is 11.6 Å². The number of nitrogen functional groups attached to an aromatic ring is 1. The molecule has 5 nitrogen and oxygen atoms in total. The molecule has 2 N–H and O–H groups in total. The highest BCUT2D eigenvalue weighted by Gasteiger charge is 2.21. The van der Waals surface area contributed by atoms with Gasteiger partial charge in [-0.2, -0.15) is 0 Å². The monoisotopic (exact) mass is 284 g/mol. The standard InChI is InChI=1S/C16H16N2O3/c1-9-8-13(10(2)20-9)15-14(16(17)18-21-15)11-4-6-12(19-3)7-5-11/h4-8H,1-3H3,(H2,17,18). The van der Waals surface area contributed by atoms with Crippen molar-refractivity contribution in [1.29, 1.82) is 0 Å². The molecule has 0 atom stereocenters. The van der Waals surface area contributed by atoms with Crippen LogP contribution in [0.3, 0.4) is 0 Å². The van der Waals surface area contributed by atoms with Gasteiger partial charge in [0.15, 0.2) is 11.6 Å². The number of ether oxygens (including phenoxy) is 1. The van der Waals surface area contributed by atoms with Gasteiger partial charge in [0.25, 0.3) is 0 Å². The Bertz CT molecular complexity index is 769. The minimum absolute atomic E-state index is 0.355. The van der Waals surface area contributed by atoms with Crippen molar-refractivity contribution in [3.8, 4) is 28.2 Å². The molecule has 0 saturated carbocycles. The number of methoxy groups -OCH3 is 1. The lowest BCUT2D eigenvalue weighted by Crippen LogP contribution is -1.89. The minimum Gasteiger partial charge on any atom is -0.497 e. The summed E-state index contributed by atoms with van der Waals surface area (Å²) in [5, 5.41) is 3.89. The van der Waals surface area contributed by atoms with Gasteiger partial charge in [-0.05, 0) is 37.6 Å². The van der Waals surface area contributed by atoms with Crippen LogP contribution >= 0.6 is 0 Å². The first kappa shape index (κ1) is 13.3. The largest absolute Gasteiger partial charge is 0.497 e. The third kappa shape index (κ3) is 2.27. The summed E-state index contributed by atoms with van der Waals surface area (Å²) in [6, 6.07) is 9.52. The van der Waals surface area contributed by atoms with Crippen LogP contribution in [0.25, 0.3) is 22.5 Å². The average molecular weight is 284 g/mol. The summed E-state index contributed by atoms with van der Waals surface area (Å²) in [6.07, 6.45) is 0. The summed E-state index contributed by atoms with van der Waals surface area (Å²) in [5.41, 5.74) is 8.52. The third-order valence-corrected chi connectivity index (χ3v) is 3.38. The topological polar surface area (TPSA) is 74.4 Å². The smallest absolute Gasteiger partial charge is 0.180 e. The van der Waals surface area contributed by atoms with E-state index in [9.17, 15) is 0 Å². The van der Waals surface area contributed by atoms with Crippen molar-refractivity contribution < 1.29 is 13.7 Å². The summed E-state index contributed by atoms with van der Waals surface area (Å²) in [6.45, 7) is 3.78. The Labute approximate surface area is 122 Å². The second kappa shape index (κ2) is 5.01. The lowest BCUT2D eigenvalue weighted by molar-refractivity contribution is 0.415. The molecule has 3 aromatic rings. The van der Waals surface area contributed by atoms with Crippen molar-refractivity contribution in [3.63, 3.8) is 0 Å². The van der Waals surface area contributed by atoms with E-state index in [2.05, 4.69) is 5.16 Å². The fraction of sp³-hybridized carbons (Fsp3) is 0.188. The maximum atomic E-state index is 5.97. The van der Waals surface area contributed by atoms with Gasteiger partial charge in [0, 0.05) is 0 Å². The number of aromatic nitrogens is 1. The molecule has 21 heavy (non-hydrogen) atoms. The molecule has 108 valence electrons. The van der Waals surface area contributed by atoms with Gasteiger partial charge in [0.2, 0.25) is 0 Å². The first-order chi connectivity index (χ1) is 10.1. The van der Waals surface area contributed by atoms with Crippen LogP contribution < -0.4 is 10.5 Å². The molecular weight excluding hydrogens is 268 g/mol. The second-order valence-corrected chi connectivity index (χ2v) is 4.83. The molecule has 3 rings (SSSR count). The predicted octanol–water partition coefficient (Wildman–Crippen LogP) is 3.81. The molecule has 0 saturated heterocycles. The van der Waals surface area contributed by atoms with E-state index >= 15 is 0 Å². The summed E-state index contributed by atoms with van der Waals surface area (Å²) < 4.78 is 16.1. The van der Waals surface area contributed by atoms with Crippen LogP contribution in [0.4, 0.5) is 5.82 Å². The molecule has 0 bridgehead atoms. The number of aryl methyl sites for hydroxylation is 2. The molecular formula is C16H16N2O3. The predicted molar refractivity (Wildman–Crippen MR) is 80.1 cm³/mol. The number of rotatable bonds is 3. The molecule has 0 aliphatic carbocycles. The first-order valence-electron chi connectivity index (χ1n) is 6.57. The molecule has 0 aliphatic heterocycles. The summed E-state index contributed by atoms with van der Waals surface area (Å²) in [4.78, 5) is 0. The highest BCUT2D eigenvalue weighted by molar-refractivity contribution is 5.87. The van der Waals surface area contributed by atoms with E-state index in [0.717, 1.165) is 34.0 Å². The number of hydrogen-bond acceptors (Lipinski definition) is 5. The molecule has 1 aromatic carbocycles. The van der Waals surface area contributed by atoms with Crippen molar-refractivity contribution in [2.45, 2.75) is 13.8 Å². The van der Waals surface area contributed by atoms with E-state index in [4.69, 9.17) is 19.4 Å². The molecule has 0 fully saturated rings. The van der Waals surface area contributed by atoms with Crippen LogP contribution in [-0.4, -0.2) is 12.3 Å². The number of furan rings is 1. The van der Waals surface area contributed by atoms with Gasteiger partial charge >= 0.3 is 0 Å². The molecule has 2 aromatic heterocycles. The molecule has 0 unspecified atom stereocenters. The average Bonchev–Trinajstić information content (AvgIpc) is 3.01. The minimum atomic E-state index is 0.355. The van der Waals surface area contributed by atoms with Gasteiger partial charge in [0.05, 0.1) is 18.2 Å². The van der Waals surface area contributed by atoms with Crippen molar-refractivity contribution in [2.24, 2.45) is 0 Å². The van der Waals surface area contributed by atoms with Gasteiger partial charge in [-0.15, -0.1) is 0 Å². The number of nitrogens with two attached hydrogens (primary N) is 1. The highest BCUT2D eigenvalue weighted by Crippen LogP contribution is 2.39. The maximum Gasteiger partial charge on any atom is 0.180 e. The summed E-state index contributed by atoms with van der Waals surface area (Å²) in [5.74, 6) is 3.35. The Morgan fingerprint density at radius 3 is 2.43 bits per heavy atom. The molecule has 0 amide bonds. The van der Waals surface area contributed by atoms with Gasteiger partial charge in [-0.3, -0.25) is 0 Å². The van der Waals surface area contributed by atoms with E-state index < -0.39 is 0 Å². The Hall–Kier alpha value is -2.69. The third-order valence-electron chi connectivity index (χ3n) is 3.38. The molecule has 0 spiro atoms. The lowest BCUT2D eigenvalue weighted by Gasteiger charge is -2.04. The van der Waals surface area contributed by atoms with Crippen LogP contribution in [0.15, 0.2) is 39.3 Å². The second-order valence-electron chi connectivity index (χ2n) is 4.83. The van der Waals surface area contributed by atoms with Gasteiger partial charge in [0.1, 0.15) is 17.3 Å². The van der Waals surface area contributed by atoms with Crippen molar-refractivity contribution in [3.05, 3.63) is 41.9 Å². The van der Waals surface area contributed by atoms with Gasteiger partial charge < -0.3 is 19.4 Å². The zero-order valence-corrected chi connectivity index (χ0v) is 12.1. The van der Waals surface area contributed by atoms with Crippen LogP contribution in [0.2, 0.25) is 0 Å². The Morgan fingerprint density at radius 2 is 1.86 bits per heavy atom. The van der Waals surface area contributed by atoms with Crippen LogP contribution in [0.1, 0.15) is 11.5 Å². The molecule has 5 heteroatoms. The summed E-state index contributed by atoms with van der Waals surface area (Å²) in [7, 11) is 1.63. The fourth-order valence-corrected chi connectivity index (χ4v) is 2.38. The van der Waals surface area contributed by atoms with Crippen molar-refractivity contribution in [2.75, 3.05) is 12.8 Å². The van der Waals surface area contributed by atoms with Crippen LogP contribution in [-0.2, 0) is 0 Å². The van der Waals surface area contributed by atoms with Crippen molar-refractivity contribution >= 4 is 5.82 Å². The van der Waals surface area contributed by atoms with E-state index in [-0.39, 0.29) is 0 Å². The van der Waals surface area contributed by atoms with Crippen LogP contribution in [0.5, 0.6) is 5.75 Å². The lowest BCUT2D eigenvalue weighted by atomic mass is 10.0. The zero-order valence-electron chi connectivity index (χ0n) is 12.1. The Kier molecular flexibility index (Phi) is 3.17. The Balaban J connectivity index is 2.14. The SMILES string of the molecule is COc1ccc(-c2c(N)noc2-c2cc(C)oc2C)cc1. The van der Waals surface area contributed by atoms with E-state index in [1.54, 1.807) is 7.11 Å². The van der Waals surface area contributed by atoms with Gasteiger partial charge in [-0.1, -0.05) is 17.3 Å². The summed E-state index contributed by atoms with van der Waals surface area (Å²) >= 11 is 0. The quantitative estimate of drug-likeness (QED) is 0.791. The molecule has 0 aliphatic rings. The number of hydrogen-bond donors (Lipinski definition) is 1. The number of nitrogens with zero attached hydrogens (tertiary/aromatic N) is 1. The van der Waals surface area contributed by atoms with Gasteiger partial charge in [-0.25, -0.2) is 0 Å². The number of anilines is 1. The van der Waals surface area contributed by atoms with E-state index in [1.807, 2.05) is 44.2 Å². The first-order valence-corrected chi connectivity index (χ1v) is 6.57. The zero-order chi connectivity index (χ0) is 15.0. The molecule has 2 heterocycles. The Morgan fingerprint density at radius 1 is 1.14 bits per heavy atom. The normalized spacial score (nSPS) is 10.8. The highest BCUT2D eigenvalue weighted by atomic mass is 16.5. The fourth-order valence-electron chi connectivity index (χ4n) is 2.38.